The molecule has 232 valence electrons. The molecule has 4 rings (SSSR count). The van der Waals surface area contributed by atoms with Crippen LogP contribution >= 0.6 is 11.6 Å². The minimum atomic E-state index is 0.216. The van der Waals surface area contributed by atoms with E-state index in [-0.39, 0.29) is 13.2 Å². The molecule has 1 aliphatic rings. The highest BCUT2D eigenvalue weighted by Crippen LogP contribution is 2.42. The summed E-state index contributed by atoms with van der Waals surface area (Å²) in [5, 5.41) is 24.2. The predicted molar refractivity (Wildman–Crippen MR) is 181 cm³/mol. The Labute approximate surface area is 265 Å². The van der Waals surface area contributed by atoms with Gasteiger partial charge in [-0.2, -0.15) is 5.26 Å². The number of hydrogen-bond acceptors (Lipinski definition) is 8. The number of nitrogens with zero attached hydrogens (tertiary/aromatic N) is 4. The van der Waals surface area contributed by atoms with Gasteiger partial charge in [0, 0.05) is 43.6 Å². The number of aliphatic hydroxyl groups is 1. The summed E-state index contributed by atoms with van der Waals surface area (Å²) < 4.78 is 11.9. The zero-order valence-corrected chi connectivity index (χ0v) is 27.0. The van der Waals surface area contributed by atoms with Crippen molar-refractivity contribution in [1.82, 2.24) is 4.98 Å². The van der Waals surface area contributed by atoms with Crippen molar-refractivity contribution in [2.24, 2.45) is 22.7 Å². The number of anilines is 3. The van der Waals surface area contributed by atoms with Crippen molar-refractivity contribution in [3.63, 3.8) is 0 Å². The summed E-state index contributed by atoms with van der Waals surface area (Å²) in [7, 11) is 1.66. The van der Waals surface area contributed by atoms with Crippen molar-refractivity contribution in [2.75, 3.05) is 43.6 Å². The Hall–Kier alpha value is -4.06. The molecule has 0 aliphatic carbocycles. The first-order chi connectivity index (χ1) is 21.3. The van der Waals surface area contributed by atoms with Crippen LogP contribution in [0.5, 0.6) is 11.5 Å². The third-order valence-electron chi connectivity index (χ3n) is 8.54. The number of methoxy groups -OCH3 is 1. The molecule has 8 nitrogen and oxygen atoms in total. The van der Waals surface area contributed by atoms with Crippen molar-refractivity contribution in [3.8, 4) is 17.6 Å². The molecule has 3 unspecified atom stereocenters. The molecule has 0 spiro atoms. The van der Waals surface area contributed by atoms with E-state index in [4.69, 9.17) is 21.1 Å². The quantitative estimate of drug-likeness (QED) is 0.157. The molecule has 2 heterocycles. The molecule has 2 N–H and O–H groups in total. The number of nitrogens with one attached hydrogen (secondary N) is 1. The molecule has 0 bridgehead atoms. The minimum absolute atomic E-state index is 0.216. The lowest BCUT2D eigenvalue weighted by Crippen LogP contribution is -2.45. The van der Waals surface area contributed by atoms with Gasteiger partial charge in [0.1, 0.15) is 24.2 Å². The van der Waals surface area contributed by atoms with Gasteiger partial charge in [0.25, 0.3) is 0 Å². The van der Waals surface area contributed by atoms with Crippen molar-refractivity contribution < 1.29 is 14.6 Å². The third-order valence-corrected chi connectivity index (χ3v) is 8.85. The zero-order valence-electron chi connectivity index (χ0n) is 26.2. The first-order valence-corrected chi connectivity index (χ1v) is 15.4. The summed E-state index contributed by atoms with van der Waals surface area (Å²) in [6.07, 6.45) is 6.92. The molecule has 44 heavy (non-hydrogen) atoms. The monoisotopic (exact) mass is 615 g/mol. The molecule has 1 aliphatic heterocycles. The van der Waals surface area contributed by atoms with Crippen LogP contribution in [-0.2, 0) is 0 Å². The predicted octanol–water partition coefficient (Wildman–Crippen LogP) is 7.92. The standard InChI is InChI=1S/C35H42ClN5O3/c1-7-22(4)32(38-9-3)21-44-26-10-11-30(29(36)14-26)40-35-25(17-37)18-39-31-16-33(34(43-6)15-28(31)35)41-19-23(5)27(12-13-42)24(8-2)20-41/h7,9-11,14-16,18,23-24,27,42H,1,8,12-13,19-21H2,2-6H3,(H,39,40)/b32-22-,38-9?. The second-order valence-electron chi connectivity index (χ2n) is 11.2. The van der Waals surface area contributed by atoms with Gasteiger partial charge in [-0.25, -0.2) is 0 Å². The number of pyridine rings is 1. The first kappa shape index (κ1) is 32.8. The zero-order chi connectivity index (χ0) is 31.8. The lowest BCUT2D eigenvalue weighted by molar-refractivity contribution is 0.148. The number of ether oxygens (including phenoxy) is 2. The van der Waals surface area contributed by atoms with Crippen LogP contribution in [0.25, 0.3) is 10.9 Å². The Morgan fingerprint density at radius 2 is 2.11 bits per heavy atom. The number of aromatic nitrogens is 1. The number of piperidine rings is 1. The topological polar surface area (TPSA) is 103 Å². The Morgan fingerprint density at radius 1 is 1.32 bits per heavy atom. The van der Waals surface area contributed by atoms with Crippen LogP contribution in [0.4, 0.5) is 17.1 Å². The van der Waals surface area contributed by atoms with E-state index in [1.165, 1.54) is 0 Å². The maximum atomic E-state index is 9.98. The SMILES string of the molecule is C=C/C(C)=C(/COc1ccc(Nc2c(C#N)cnc3cc(N4CC(C)C(CCO)C(CC)C4)c(OC)cc23)c(Cl)c1)N=CC. The molecule has 1 saturated heterocycles. The van der Waals surface area contributed by atoms with E-state index in [9.17, 15) is 10.4 Å². The Kier molecular flexibility index (Phi) is 11.3. The summed E-state index contributed by atoms with van der Waals surface area (Å²) in [5.74, 6) is 2.69. The largest absolute Gasteiger partial charge is 0.495 e. The molecule has 0 amide bonds. The van der Waals surface area contributed by atoms with Gasteiger partial charge in [-0.05, 0) is 67.9 Å². The second-order valence-corrected chi connectivity index (χ2v) is 11.6. The van der Waals surface area contributed by atoms with E-state index >= 15 is 0 Å². The van der Waals surface area contributed by atoms with Crippen LogP contribution in [0.1, 0.15) is 46.1 Å². The fourth-order valence-corrected chi connectivity index (χ4v) is 6.29. The van der Waals surface area contributed by atoms with Crippen LogP contribution in [0.3, 0.4) is 0 Å². The maximum Gasteiger partial charge on any atom is 0.142 e. The number of benzene rings is 2. The number of aliphatic hydroxyl groups excluding tert-OH is 1. The van der Waals surface area contributed by atoms with Gasteiger partial charge < -0.3 is 24.8 Å². The lowest BCUT2D eigenvalue weighted by Gasteiger charge is -2.44. The van der Waals surface area contributed by atoms with Gasteiger partial charge in [0.15, 0.2) is 0 Å². The van der Waals surface area contributed by atoms with Gasteiger partial charge in [-0.1, -0.05) is 44.5 Å². The fourth-order valence-electron chi connectivity index (χ4n) is 6.08. The number of nitriles is 1. The first-order valence-electron chi connectivity index (χ1n) is 15.0. The van der Waals surface area contributed by atoms with Gasteiger partial charge in [0.2, 0.25) is 0 Å². The number of aliphatic imine (C=N–C) groups is 1. The average Bonchev–Trinajstić information content (AvgIpc) is 3.03. The number of rotatable bonds is 12. The van der Waals surface area contributed by atoms with E-state index in [2.05, 4.69) is 46.7 Å². The molecule has 0 saturated carbocycles. The summed E-state index contributed by atoms with van der Waals surface area (Å²) in [6, 6.07) is 11.6. The molecule has 1 fully saturated rings. The molecule has 2 aromatic carbocycles. The van der Waals surface area contributed by atoms with E-state index in [0.717, 1.165) is 53.8 Å². The van der Waals surface area contributed by atoms with Gasteiger partial charge >= 0.3 is 0 Å². The van der Waals surface area contributed by atoms with Crippen LogP contribution in [-0.4, -0.2) is 49.7 Å². The molecule has 3 atom stereocenters. The van der Waals surface area contributed by atoms with Gasteiger partial charge in [-0.15, -0.1) is 0 Å². The second kappa shape index (κ2) is 15.1. The van der Waals surface area contributed by atoms with Crippen molar-refractivity contribution in [1.29, 1.82) is 5.26 Å². The van der Waals surface area contributed by atoms with E-state index < -0.39 is 0 Å². The number of fused-ring (bicyclic) bond motifs is 1. The highest BCUT2D eigenvalue weighted by atomic mass is 35.5. The normalized spacial score (nSPS) is 19.0. The lowest BCUT2D eigenvalue weighted by atomic mass is 9.75. The van der Waals surface area contributed by atoms with Crippen LogP contribution in [0.2, 0.25) is 5.02 Å². The molecular formula is C35H42ClN5O3. The van der Waals surface area contributed by atoms with Crippen molar-refractivity contribution in [3.05, 3.63) is 71.0 Å². The van der Waals surface area contributed by atoms with Crippen LogP contribution in [0, 0.1) is 29.1 Å². The average molecular weight is 616 g/mol. The molecule has 9 heteroatoms. The smallest absolute Gasteiger partial charge is 0.142 e. The van der Waals surface area contributed by atoms with Crippen LogP contribution in [0.15, 0.2) is 65.4 Å². The van der Waals surface area contributed by atoms with Crippen LogP contribution < -0.4 is 19.7 Å². The van der Waals surface area contributed by atoms with E-state index in [0.29, 0.717) is 51.2 Å². The summed E-state index contributed by atoms with van der Waals surface area (Å²) in [5.41, 5.74) is 5.05. The molecule has 1 aromatic heterocycles. The maximum absolute atomic E-state index is 9.98. The molecule has 3 aromatic rings. The Bertz CT molecular complexity index is 1600. The summed E-state index contributed by atoms with van der Waals surface area (Å²) in [6.45, 7) is 14.3. The highest BCUT2D eigenvalue weighted by molar-refractivity contribution is 6.33. The van der Waals surface area contributed by atoms with E-state index in [1.807, 2.05) is 38.1 Å². The molecular weight excluding hydrogens is 574 g/mol. The minimum Gasteiger partial charge on any atom is -0.495 e. The number of hydrogen-bond donors (Lipinski definition) is 2. The third kappa shape index (κ3) is 7.18. The number of halogens is 1. The Morgan fingerprint density at radius 3 is 2.75 bits per heavy atom. The number of allylic oxidation sites excluding steroid dienone is 2. The van der Waals surface area contributed by atoms with Gasteiger partial charge in [-0.3, -0.25) is 9.98 Å². The Balaban J connectivity index is 1.66. The summed E-state index contributed by atoms with van der Waals surface area (Å²) in [4.78, 5) is 11.4. The fraction of sp³-hybridized carbons (Fsp3) is 0.400. The molecule has 0 radical (unpaired) electrons. The van der Waals surface area contributed by atoms with Gasteiger partial charge in [0.05, 0.1) is 46.0 Å². The highest BCUT2D eigenvalue weighted by Gasteiger charge is 2.34. The van der Waals surface area contributed by atoms with Crippen molar-refractivity contribution >= 4 is 45.8 Å². The van der Waals surface area contributed by atoms with Crippen molar-refractivity contribution in [2.45, 2.75) is 40.5 Å². The summed E-state index contributed by atoms with van der Waals surface area (Å²) >= 11 is 6.71. The van der Waals surface area contributed by atoms with E-state index in [1.54, 1.807) is 31.7 Å².